The SMILES string of the molecule is CC(C)n1cc(S(=O)(=O)N2CCCC(C)(C)C2)cc1CCl. The summed E-state index contributed by atoms with van der Waals surface area (Å²) >= 11 is 5.94. The lowest BCUT2D eigenvalue weighted by Gasteiger charge is -2.36. The first-order valence-electron chi connectivity index (χ1n) is 7.44. The van der Waals surface area contributed by atoms with Crippen molar-refractivity contribution in [2.75, 3.05) is 13.1 Å². The molecule has 2 rings (SSSR count). The van der Waals surface area contributed by atoms with Crippen LogP contribution in [0, 0.1) is 5.41 Å². The molecule has 0 spiro atoms. The van der Waals surface area contributed by atoms with E-state index in [0.717, 1.165) is 18.5 Å². The van der Waals surface area contributed by atoms with Crippen LogP contribution in [0.25, 0.3) is 0 Å². The fourth-order valence-corrected chi connectivity index (χ4v) is 4.88. The molecule has 0 radical (unpaired) electrons. The smallest absolute Gasteiger partial charge is 0.244 e. The first kappa shape index (κ1) is 16.8. The molecule has 2 heterocycles. The molecule has 0 atom stereocenters. The molecule has 1 aliphatic heterocycles. The van der Waals surface area contributed by atoms with Gasteiger partial charge < -0.3 is 4.57 Å². The Hall–Kier alpha value is -0.520. The molecule has 6 heteroatoms. The summed E-state index contributed by atoms with van der Waals surface area (Å²) in [5.74, 6) is 0.319. The van der Waals surface area contributed by atoms with Gasteiger partial charge in [0.2, 0.25) is 10.0 Å². The van der Waals surface area contributed by atoms with Crippen molar-refractivity contribution in [2.45, 2.75) is 57.4 Å². The molecule has 0 bridgehead atoms. The lowest BCUT2D eigenvalue weighted by molar-refractivity contribution is 0.187. The van der Waals surface area contributed by atoms with Crippen LogP contribution in [0.3, 0.4) is 0 Å². The molecule has 1 aliphatic rings. The van der Waals surface area contributed by atoms with E-state index in [1.54, 1.807) is 16.6 Å². The van der Waals surface area contributed by atoms with Crippen LogP contribution in [0.4, 0.5) is 0 Å². The van der Waals surface area contributed by atoms with Crippen molar-refractivity contribution in [2.24, 2.45) is 5.41 Å². The van der Waals surface area contributed by atoms with Crippen LogP contribution < -0.4 is 0 Å². The molecule has 0 aromatic carbocycles. The highest BCUT2D eigenvalue weighted by atomic mass is 35.5. The third-order valence-electron chi connectivity index (χ3n) is 4.10. The third-order valence-corrected chi connectivity index (χ3v) is 6.19. The summed E-state index contributed by atoms with van der Waals surface area (Å²) in [6, 6.07) is 1.91. The van der Waals surface area contributed by atoms with E-state index in [1.165, 1.54) is 0 Å². The number of alkyl halides is 1. The first-order valence-corrected chi connectivity index (χ1v) is 9.42. The van der Waals surface area contributed by atoms with Crippen molar-refractivity contribution in [3.8, 4) is 0 Å². The minimum Gasteiger partial charge on any atom is -0.346 e. The maximum absolute atomic E-state index is 12.8. The maximum Gasteiger partial charge on any atom is 0.244 e. The number of sulfonamides is 1. The molecule has 1 saturated heterocycles. The largest absolute Gasteiger partial charge is 0.346 e. The number of nitrogens with zero attached hydrogens (tertiary/aromatic N) is 2. The fourth-order valence-electron chi connectivity index (χ4n) is 2.95. The molecule has 4 nitrogen and oxygen atoms in total. The van der Waals surface area contributed by atoms with Crippen molar-refractivity contribution >= 4 is 21.6 Å². The van der Waals surface area contributed by atoms with Gasteiger partial charge in [-0.05, 0) is 38.2 Å². The van der Waals surface area contributed by atoms with Crippen molar-refractivity contribution in [3.63, 3.8) is 0 Å². The Balaban J connectivity index is 2.35. The number of halogens is 1. The third kappa shape index (κ3) is 3.46. The molecular formula is C15H25ClN2O2S. The van der Waals surface area contributed by atoms with Crippen LogP contribution in [-0.2, 0) is 15.9 Å². The van der Waals surface area contributed by atoms with Crippen LogP contribution in [-0.4, -0.2) is 30.4 Å². The fraction of sp³-hybridized carbons (Fsp3) is 0.733. The molecule has 120 valence electrons. The number of piperidine rings is 1. The number of hydrogen-bond acceptors (Lipinski definition) is 2. The summed E-state index contributed by atoms with van der Waals surface area (Å²) < 4.78 is 29.3. The first-order chi connectivity index (χ1) is 9.67. The second-order valence-corrected chi connectivity index (χ2v) is 9.11. The second-order valence-electron chi connectivity index (χ2n) is 6.91. The van der Waals surface area contributed by atoms with Gasteiger partial charge in [-0.2, -0.15) is 4.31 Å². The van der Waals surface area contributed by atoms with Gasteiger partial charge in [-0.1, -0.05) is 13.8 Å². The quantitative estimate of drug-likeness (QED) is 0.790. The molecule has 1 aromatic rings. The van der Waals surface area contributed by atoms with Gasteiger partial charge in [0.05, 0.1) is 5.88 Å². The Kier molecular flexibility index (Phi) is 4.76. The van der Waals surface area contributed by atoms with Crippen molar-refractivity contribution in [1.29, 1.82) is 0 Å². The summed E-state index contributed by atoms with van der Waals surface area (Å²) in [4.78, 5) is 0.365. The Bertz CT molecular complexity index is 605. The number of aromatic nitrogens is 1. The van der Waals surface area contributed by atoms with Gasteiger partial charge in [0.1, 0.15) is 4.90 Å². The van der Waals surface area contributed by atoms with Gasteiger partial charge in [0.25, 0.3) is 0 Å². The minimum atomic E-state index is -3.42. The van der Waals surface area contributed by atoms with Gasteiger partial charge in [-0.3, -0.25) is 0 Å². The topological polar surface area (TPSA) is 42.3 Å². The highest BCUT2D eigenvalue weighted by Crippen LogP contribution is 2.32. The average Bonchev–Trinajstić information content (AvgIpc) is 2.82. The van der Waals surface area contributed by atoms with Crippen LogP contribution in [0.2, 0.25) is 0 Å². The summed E-state index contributed by atoms with van der Waals surface area (Å²) in [6.07, 6.45) is 3.71. The highest BCUT2D eigenvalue weighted by Gasteiger charge is 2.34. The van der Waals surface area contributed by atoms with Gasteiger partial charge in [0.15, 0.2) is 0 Å². The Labute approximate surface area is 133 Å². The number of rotatable bonds is 4. The summed E-state index contributed by atoms with van der Waals surface area (Å²) in [6.45, 7) is 9.48. The van der Waals surface area contributed by atoms with Crippen LogP contribution in [0.5, 0.6) is 0 Å². The van der Waals surface area contributed by atoms with E-state index < -0.39 is 10.0 Å². The molecule has 0 saturated carbocycles. The Morgan fingerprint density at radius 2 is 2.05 bits per heavy atom. The van der Waals surface area contributed by atoms with Crippen LogP contribution in [0.1, 0.15) is 52.3 Å². The van der Waals surface area contributed by atoms with Crippen molar-refractivity contribution < 1.29 is 8.42 Å². The summed E-state index contributed by atoms with van der Waals surface area (Å²) in [5, 5.41) is 0. The minimum absolute atomic E-state index is 0.0429. The zero-order valence-corrected chi connectivity index (χ0v) is 14.8. The van der Waals surface area contributed by atoms with Gasteiger partial charge in [0, 0.05) is 31.0 Å². The predicted octanol–water partition coefficient (Wildman–Crippen LogP) is 3.62. The van der Waals surface area contributed by atoms with Crippen molar-refractivity contribution in [1.82, 2.24) is 8.87 Å². The lowest BCUT2D eigenvalue weighted by atomic mass is 9.85. The highest BCUT2D eigenvalue weighted by molar-refractivity contribution is 7.89. The average molecular weight is 333 g/mol. The molecule has 0 N–H and O–H groups in total. The van der Waals surface area contributed by atoms with Gasteiger partial charge in [-0.25, -0.2) is 8.42 Å². The second kappa shape index (κ2) is 5.94. The van der Waals surface area contributed by atoms with Crippen LogP contribution in [0.15, 0.2) is 17.2 Å². The molecule has 1 aromatic heterocycles. The molecule has 0 aliphatic carbocycles. The van der Waals surface area contributed by atoms with E-state index in [4.69, 9.17) is 11.6 Å². The molecular weight excluding hydrogens is 308 g/mol. The zero-order valence-electron chi connectivity index (χ0n) is 13.3. The van der Waals surface area contributed by atoms with Crippen LogP contribution >= 0.6 is 11.6 Å². The Morgan fingerprint density at radius 3 is 2.52 bits per heavy atom. The van der Waals surface area contributed by atoms with E-state index in [1.807, 2.05) is 18.4 Å². The van der Waals surface area contributed by atoms with Gasteiger partial charge in [-0.15, -0.1) is 11.6 Å². The summed E-state index contributed by atoms with van der Waals surface area (Å²) in [5.41, 5.74) is 0.892. The Morgan fingerprint density at radius 1 is 1.38 bits per heavy atom. The molecule has 0 unspecified atom stereocenters. The lowest BCUT2D eigenvalue weighted by Crippen LogP contribution is -2.43. The molecule has 1 fully saturated rings. The molecule has 0 amide bonds. The van der Waals surface area contributed by atoms with E-state index in [9.17, 15) is 8.42 Å². The van der Waals surface area contributed by atoms with E-state index in [2.05, 4.69) is 13.8 Å². The van der Waals surface area contributed by atoms with E-state index in [-0.39, 0.29) is 11.5 Å². The van der Waals surface area contributed by atoms with Gasteiger partial charge >= 0.3 is 0 Å². The monoisotopic (exact) mass is 332 g/mol. The van der Waals surface area contributed by atoms with E-state index in [0.29, 0.717) is 23.9 Å². The van der Waals surface area contributed by atoms with E-state index >= 15 is 0 Å². The standard InChI is InChI=1S/C15H25ClN2O2S/c1-12(2)18-10-14(8-13(18)9-16)21(19,20)17-7-5-6-15(3,4)11-17/h8,10,12H,5-7,9,11H2,1-4H3. The maximum atomic E-state index is 12.8. The molecule has 21 heavy (non-hydrogen) atoms. The zero-order chi connectivity index (χ0) is 15.8. The van der Waals surface area contributed by atoms with Crippen molar-refractivity contribution in [3.05, 3.63) is 18.0 Å². The predicted molar refractivity (Wildman–Crippen MR) is 86.1 cm³/mol. The number of hydrogen-bond donors (Lipinski definition) is 0. The normalized spacial score (nSPS) is 20.1. The summed E-state index contributed by atoms with van der Waals surface area (Å²) in [7, 11) is -3.42.